The zero-order valence-corrected chi connectivity index (χ0v) is 27.9. The van der Waals surface area contributed by atoms with Gasteiger partial charge in [0.1, 0.15) is 38.6 Å². The highest BCUT2D eigenvalue weighted by atomic mass is 32.3. The van der Waals surface area contributed by atoms with Crippen LogP contribution in [0.4, 0.5) is 0 Å². The highest BCUT2D eigenvalue weighted by Crippen LogP contribution is 2.36. The Labute approximate surface area is 258 Å². The molecule has 0 amide bonds. The van der Waals surface area contributed by atoms with E-state index in [1.54, 1.807) is 0 Å². The Bertz CT molecular complexity index is 1190. The van der Waals surface area contributed by atoms with Gasteiger partial charge in [0.05, 0.1) is 7.11 Å². The molecule has 10 heteroatoms. The van der Waals surface area contributed by atoms with Crippen LogP contribution in [0.25, 0.3) is 0 Å². The minimum absolute atomic E-state index is 0.129. The van der Waals surface area contributed by atoms with Crippen LogP contribution in [0.5, 0.6) is 23.0 Å². The van der Waals surface area contributed by atoms with Gasteiger partial charge in [0.2, 0.25) is 0 Å². The molecule has 0 spiro atoms. The molecule has 0 N–H and O–H groups in total. The number of hydrogen-bond donors (Lipinski definition) is 0. The molecule has 3 rings (SSSR count). The molecule has 0 atom stereocenters. The molecule has 2 aromatic carbocycles. The quantitative estimate of drug-likeness (QED) is 0.281. The Kier molecular flexibility index (Phi) is 12.6. The Morgan fingerprint density at radius 1 is 0.698 bits per heavy atom. The van der Waals surface area contributed by atoms with Gasteiger partial charge in [0.15, 0.2) is 23.0 Å². The Balaban J connectivity index is 1.97. The number of fused-ring (bicyclic) bond motifs is 2. The van der Waals surface area contributed by atoms with E-state index in [9.17, 15) is 8.42 Å². The van der Waals surface area contributed by atoms with Gasteiger partial charge in [-0.05, 0) is 52.6 Å². The lowest BCUT2D eigenvalue weighted by Gasteiger charge is -2.26. The average molecular weight is 623 g/mol. The first-order valence-corrected chi connectivity index (χ1v) is 16.5. The van der Waals surface area contributed by atoms with E-state index >= 15 is 0 Å². The first-order valence-electron chi connectivity index (χ1n) is 15.1. The van der Waals surface area contributed by atoms with Gasteiger partial charge in [-0.3, -0.25) is 4.18 Å². The molecular formula is C33H50O9S. The summed E-state index contributed by atoms with van der Waals surface area (Å²) < 4.78 is 65.3. The number of rotatable bonds is 9. The number of benzene rings is 2. The highest BCUT2D eigenvalue weighted by molar-refractivity contribution is 7.81. The van der Waals surface area contributed by atoms with Gasteiger partial charge in [-0.2, -0.15) is 8.42 Å². The van der Waals surface area contributed by atoms with Gasteiger partial charge in [-0.15, -0.1) is 0 Å². The first kappa shape index (κ1) is 35.0. The maximum Gasteiger partial charge on any atom is 0.400 e. The molecule has 9 nitrogen and oxygen atoms in total. The van der Waals surface area contributed by atoms with Crippen LogP contribution < -0.4 is 18.9 Å². The number of unbranched alkanes of at least 4 members (excludes halogenated alkanes) is 3. The van der Waals surface area contributed by atoms with E-state index in [2.05, 4.69) is 52.6 Å². The molecule has 0 bridgehead atoms. The van der Waals surface area contributed by atoms with Crippen molar-refractivity contribution in [1.29, 1.82) is 0 Å². The summed E-state index contributed by atoms with van der Waals surface area (Å²) in [6.45, 7) is 15.7. The highest BCUT2D eigenvalue weighted by Gasteiger charge is 2.26. The van der Waals surface area contributed by atoms with Crippen LogP contribution in [0.15, 0.2) is 36.4 Å². The summed E-state index contributed by atoms with van der Waals surface area (Å²) in [6.07, 6.45) is 3.00. The largest absolute Gasteiger partial charge is 0.487 e. The van der Waals surface area contributed by atoms with Gasteiger partial charge in [-0.1, -0.05) is 79.9 Å². The molecule has 1 aliphatic rings. The normalized spacial score (nSPS) is 18.6. The summed E-state index contributed by atoms with van der Waals surface area (Å²) in [7, 11) is -3.23. The van der Waals surface area contributed by atoms with Gasteiger partial charge in [0.25, 0.3) is 0 Å². The van der Waals surface area contributed by atoms with Crippen LogP contribution in [0.3, 0.4) is 0 Å². The second-order valence-corrected chi connectivity index (χ2v) is 14.3. The molecule has 1 heterocycles. The molecule has 43 heavy (non-hydrogen) atoms. The topological polar surface area (TPSA) is 98.8 Å². The first-order chi connectivity index (χ1) is 20.2. The summed E-state index contributed by atoms with van der Waals surface area (Å²) in [4.78, 5) is 0. The summed E-state index contributed by atoms with van der Waals surface area (Å²) >= 11 is 0. The van der Waals surface area contributed by atoms with Crippen molar-refractivity contribution in [1.82, 2.24) is 0 Å². The lowest BCUT2D eigenvalue weighted by molar-refractivity contribution is -0.0111. The fourth-order valence-electron chi connectivity index (χ4n) is 4.38. The maximum absolute atomic E-state index is 12.2. The molecule has 0 aromatic heterocycles. The van der Waals surface area contributed by atoms with E-state index in [0.29, 0.717) is 29.6 Å². The fourth-order valence-corrected chi connectivity index (χ4v) is 4.90. The average Bonchev–Trinajstić information content (AvgIpc) is 2.94. The molecule has 0 aliphatic carbocycles. The molecule has 0 saturated heterocycles. The SMILES string of the molecule is CCCCCCOC1COc2cc(C(C)(C)C)ccc2OCC(OS(=O)(=O)OC)COc2ccc(C(C)(C)C)cc2OC1. The summed E-state index contributed by atoms with van der Waals surface area (Å²) in [5.41, 5.74) is 1.86. The van der Waals surface area contributed by atoms with E-state index in [-0.39, 0.29) is 43.4 Å². The van der Waals surface area contributed by atoms with Gasteiger partial charge >= 0.3 is 10.4 Å². The lowest BCUT2D eigenvalue weighted by atomic mass is 9.87. The zero-order chi connectivity index (χ0) is 31.7. The molecule has 0 radical (unpaired) electrons. The molecule has 0 unspecified atom stereocenters. The van der Waals surface area contributed by atoms with Crippen molar-refractivity contribution in [2.75, 3.05) is 40.1 Å². The third kappa shape index (κ3) is 11.2. The smallest absolute Gasteiger partial charge is 0.400 e. The van der Waals surface area contributed by atoms with Crippen LogP contribution in [0.2, 0.25) is 0 Å². The van der Waals surface area contributed by atoms with Gasteiger partial charge < -0.3 is 23.7 Å². The number of hydrogen-bond acceptors (Lipinski definition) is 9. The van der Waals surface area contributed by atoms with Crippen molar-refractivity contribution in [3.63, 3.8) is 0 Å². The Hall–Kier alpha value is -2.53. The molecule has 0 fully saturated rings. The monoisotopic (exact) mass is 622 g/mol. The predicted molar refractivity (Wildman–Crippen MR) is 167 cm³/mol. The van der Waals surface area contributed by atoms with Crippen LogP contribution >= 0.6 is 0 Å². The predicted octanol–water partition coefficient (Wildman–Crippen LogP) is 6.75. The van der Waals surface area contributed by atoms with Crippen LogP contribution in [0, 0.1) is 0 Å². The van der Waals surface area contributed by atoms with Crippen molar-refractivity contribution < 1.29 is 40.5 Å². The standard InChI is InChI=1S/C33H50O9S/c1-9-10-11-12-17-37-26-20-40-30-18-24(32(2,3)4)13-15-28(30)38-22-27(42-43(34,35)36-8)23-39-29-16-14-25(33(5,6)7)19-31(29)41-21-26/h13-16,18-19,26-27H,9-12,17,20-23H2,1-8H3. The summed E-state index contributed by atoms with van der Waals surface area (Å²) in [5, 5.41) is 0. The van der Waals surface area contributed by atoms with E-state index in [1.165, 1.54) is 0 Å². The molecular weight excluding hydrogens is 572 g/mol. The summed E-state index contributed by atoms with van der Waals surface area (Å²) in [5.74, 6) is 1.94. The fraction of sp³-hybridized carbons (Fsp3) is 0.636. The maximum atomic E-state index is 12.2. The second-order valence-electron chi connectivity index (χ2n) is 12.9. The summed E-state index contributed by atoms with van der Waals surface area (Å²) in [6, 6.07) is 11.5. The van der Waals surface area contributed by atoms with E-state index < -0.39 is 16.5 Å². The van der Waals surface area contributed by atoms with Crippen LogP contribution in [-0.2, 0) is 34.3 Å². The van der Waals surface area contributed by atoms with E-state index in [4.69, 9.17) is 27.9 Å². The second kappa shape index (κ2) is 15.5. The molecule has 1 aliphatic heterocycles. The van der Waals surface area contributed by atoms with Gasteiger partial charge in [0, 0.05) is 6.61 Å². The Morgan fingerprint density at radius 2 is 1.16 bits per heavy atom. The van der Waals surface area contributed by atoms with Crippen molar-refractivity contribution in [3.05, 3.63) is 47.5 Å². The minimum atomic E-state index is -4.27. The lowest BCUT2D eigenvalue weighted by Crippen LogP contribution is -2.33. The molecule has 242 valence electrons. The van der Waals surface area contributed by atoms with Crippen LogP contribution in [0.1, 0.15) is 85.3 Å². The zero-order valence-electron chi connectivity index (χ0n) is 27.1. The van der Waals surface area contributed by atoms with Crippen molar-refractivity contribution in [2.24, 2.45) is 0 Å². The van der Waals surface area contributed by atoms with Crippen molar-refractivity contribution >= 4 is 10.4 Å². The van der Waals surface area contributed by atoms with E-state index in [0.717, 1.165) is 43.9 Å². The minimum Gasteiger partial charge on any atom is -0.487 e. The molecule has 2 aromatic rings. The van der Waals surface area contributed by atoms with Gasteiger partial charge in [-0.25, -0.2) is 4.18 Å². The van der Waals surface area contributed by atoms with Crippen molar-refractivity contribution in [3.8, 4) is 23.0 Å². The van der Waals surface area contributed by atoms with Crippen molar-refractivity contribution in [2.45, 2.75) is 97.2 Å². The third-order valence-corrected chi connectivity index (χ3v) is 8.04. The third-order valence-electron chi connectivity index (χ3n) is 7.13. The van der Waals surface area contributed by atoms with E-state index in [1.807, 2.05) is 36.4 Å². The molecule has 0 saturated carbocycles. The Morgan fingerprint density at radius 3 is 1.60 bits per heavy atom. The van der Waals surface area contributed by atoms with Crippen LogP contribution in [-0.4, -0.2) is 60.8 Å². The number of ether oxygens (including phenoxy) is 5.